The normalized spacial score (nSPS) is 24.4. The molecule has 1 aromatic heterocycles. The van der Waals surface area contributed by atoms with Crippen LogP contribution in [0, 0.1) is 0 Å². The van der Waals surface area contributed by atoms with Crippen LogP contribution in [0.5, 0.6) is 34.5 Å². The first-order chi connectivity index (χ1) is 16.6. The van der Waals surface area contributed by atoms with Gasteiger partial charge >= 0.3 is 0 Å². The summed E-state index contributed by atoms with van der Waals surface area (Å²) in [5, 5.41) is 79.6. The van der Waals surface area contributed by atoms with E-state index in [0.717, 1.165) is 18.2 Å². The second-order valence-corrected chi connectivity index (χ2v) is 7.79. The average molecular weight is 494 g/mol. The maximum atomic E-state index is 13.4. The number of aromatic hydroxyl groups is 4. The Morgan fingerprint density at radius 3 is 2.31 bits per heavy atom. The monoisotopic (exact) mass is 494 g/mol. The van der Waals surface area contributed by atoms with Crippen LogP contribution >= 0.6 is 0 Å². The van der Waals surface area contributed by atoms with Crippen molar-refractivity contribution in [2.75, 3.05) is 13.7 Å². The highest BCUT2D eigenvalue weighted by Gasteiger charge is 2.45. The molecule has 5 atom stereocenters. The van der Waals surface area contributed by atoms with Crippen LogP contribution in [-0.2, 0) is 4.74 Å². The molecule has 2 heterocycles. The van der Waals surface area contributed by atoms with Gasteiger partial charge in [0.05, 0.1) is 19.1 Å². The van der Waals surface area contributed by atoms with Crippen molar-refractivity contribution in [1.82, 2.24) is 0 Å². The zero-order valence-corrected chi connectivity index (χ0v) is 18.0. The fraction of sp³-hybridized carbons (Fsp3) is 0.318. The highest BCUT2D eigenvalue weighted by molar-refractivity contribution is 5.88. The molecular formula is C22H22O13. The predicted molar refractivity (Wildman–Crippen MR) is 116 cm³/mol. The van der Waals surface area contributed by atoms with E-state index in [2.05, 4.69) is 0 Å². The summed E-state index contributed by atoms with van der Waals surface area (Å²) in [6, 6.07) is 4.08. The molecule has 13 nitrogen and oxygen atoms in total. The average Bonchev–Trinajstić information content (AvgIpc) is 2.82. The smallest absolute Gasteiger partial charge is 0.235 e. The SMILES string of the molecule is COc1cc(-c2oc3c(O)cc(O)cc3c(=O)c2OC2OC(CO)C(O)C(O)C2O)cc(O)c1O. The first-order valence-electron chi connectivity index (χ1n) is 10.2. The largest absolute Gasteiger partial charge is 0.508 e. The maximum Gasteiger partial charge on any atom is 0.235 e. The van der Waals surface area contributed by atoms with Gasteiger partial charge in [0.2, 0.25) is 23.2 Å². The van der Waals surface area contributed by atoms with Crippen LogP contribution in [0.4, 0.5) is 0 Å². The molecule has 0 bridgehead atoms. The molecule has 2 aromatic carbocycles. The van der Waals surface area contributed by atoms with Crippen molar-refractivity contribution >= 4 is 11.0 Å². The lowest BCUT2D eigenvalue weighted by Crippen LogP contribution is -2.60. The zero-order chi connectivity index (χ0) is 25.6. The lowest BCUT2D eigenvalue weighted by molar-refractivity contribution is -0.277. The molecular weight excluding hydrogens is 472 g/mol. The predicted octanol–water partition coefficient (Wildman–Crippen LogP) is -0.530. The first kappa shape index (κ1) is 24.4. The number of aliphatic hydroxyl groups is 4. The third-order valence-corrected chi connectivity index (χ3v) is 5.53. The van der Waals surface area contributed by atoms with Crippen molar-refractivity contribution in [3.63, 3.8) is 0 Å². The number of hydrogen-bond donors (Lipinski definition) is 8. The van der Waals surface area contributed by atoms with Crippen molar-refractivity contribution in [1.29, 1.82) is 0 Å². The van der Waals surface area contributed by atoms with Crippen LogP contribution in [0.3, 0.4) is 0 Å². The van der Waals surface area contributed by atoms with E-state index in [4.69, 9.17) is 18.6 Å². The van der Waals surface area contributed by atoms with Gasteiger partial charge in [0.15, 0.2) is 28.6 Å². The fourth-order valence-electron chi connectivity index (χ4n) is 3.71. The van der Waals surface area contributed by atoms with Gasteiger partial charge in [0, 0.05) is 11.6 Å². The fourth-order valence-corrected chi connectivity index (χ4v) is 3.71. The summed E-state index contributed by atoms with van der Waals surface area (Å²) < 4.78 is 21.5. The summed E-state index contributed by atoms with van der Waals surface area (Å²) in [6.07, 6.45) is -8.51. The highest BCUT2D eigenvalue weighted by Crippen LogP contribution is 2.43. The van der Waals surface area contributed by atoms with E-state index in [1.165, 1.54) is 13.2 Å². The molecule has 188 valence electrons. The minimum Gasteiger partial charge on any atom is -0.508 e. The van der Waals surface area contributed by atoms with E-state index in [0.29, 0.717) is 0 Å². The second kappa shape index (κ2) is 9.13. The summed E-state index contributed by atoms with van der Waals surface area (Å²) in [5.74, 6) is -3.63. The summed E-state index contributed by atoms with van der Waals surface area (Å²) >= 11 is 0. The molecule has 1 saturated heterocycles. The molecule has 0 radical (unpaired) electrons. The van der Waals surface area contributed by atoms with E-state index in [1.807, 2.05) is 0 Å². The van der Waals surface area contributed by atoms with Crippen molar-refractivity contribution in [3.8, 4) is 45.8 Å². The number of hydrogen-bond acceptors (Lipinski definition) is 13. The topological polar surface area (TPSA) is 220 Å². The summed E-state index contributed by atoms with van der Waals surface area (Å²) in [4.78, 5) is 13.4. The van der Waals surface area contributed by atoms with E-state index in [9.17, 15) is 45.6 Å². The van der Waals surface area contributed by atoms with E-state index in [1.54, 1.807) is 0 Å². The molecule has 0 aliphatic carbocycles. The van der Waals surface area contributed by atoms with Crippen molar-refractivity contribution in [2.24, 2.45) is 0 Å². The molecule has 0 spiro atoms. The Bertz CT molecular complexity index is 1320. The van der Waals surface area contributed by atoms with Gasteiger partial charge in [-0.2, -0.15) is 0 Å². The number of fused-ring (bicyclic) bond motifs is 1. The van der Waals surface area contributed by atoms with Gasteiger partial charge in [-0.25, -0.2) is 0 Å². The van der Waals surface area contributed by atoms with Gasteiger partial charge in [-0.3, -0.25) is 4.79 Å². The zero-order valence-electron chi connectivity index (χ0n) is 18.0. The number of ether oxygens (including phenoxy) is 3. The quantitative estimate of drug-likeness (QED) is 0.209. The molecule has 0 amide bonds. The molecule has 1 aliphatic rings. The number of rotatable bonds is 5. The molecule has 35 heavy (non-hydrogen) atoms. The lowest BCUT2D eigenvalue weighted by Gasteiger charge is -2.39. The first-order valence-corrected chi connectivity index (χ1v) is 10.2. The molecule has 4 rings (SSSR count). The Balaban J connectivity index is 1.94. The van der Waals surface area contributed by atoms with E-state index < -0.39 is 77.2 Å². The third kappa shape index (κ3) is 4.15. The summed E-state index contributed by atoms with van der Waals surface area (Å²) in [6.45, 7) is -0.755. The molecule has 5 unspecified atom stereocenters. The molecule has 8 N–H and O–H groups in total. The summed E-state index contributed by atoms with van der Waals surface area (Å²) in [5.41, 5.74) is -1.41. The van der Waals surface area contributed by atoms with Gasteiger partial charge in [-0.1, -0.05) is 0 Å². The number of phenolic OH excluding ortho intramolecular Hbond substituents is 4. The minimum absolute atomic E-state index is 0.0804. The molecule has 13 heteroatoms. The van der Waals surface area contributed by atoms with Crippen LogP contribution in [0.2, 0.25) is 0 Å². The molecule has 1 fully saturated rings. The lowest BCUT2D eigenvalue weighted by atomic mass is 9.99. The molecule has 1 aliphatic heterocycles. The summed E-state index contributed by atoms with van der Waals surface area (Å²) in [7, 11) is 1.20. The Morgan fingerprint density at radius 1 is 0.943 bits per heavy atom. The van der Waals surface area contributed by atoms with Gasteiger partial charge < -0.3 is 59.5 Å². The Hall–Kier alpha value is -3.75. The Labute approximate surface area is 195 Å². The number of aliphatic hydroxyl groups excluding tert-OH is 4. The van der Waals surface area contributed by atoms with Crippen LogP contribution in [-0.4, -0.2) is 85.3 Å². The number of benzene rings is 2. The Kier molecular flexibility index (Phi) is 6.36. The highest BCUT2D eigenvalue weighted by atomic mass is 16.7. The van der Waals surface area contributed by atoms with Crippen LogP contribution < -0.4 is 14.9 Å². The minimum atomic E-state index is -1.88. The van der Waals surface area contributed by atoms with Gasteiger partial charge in [0.1, 0.15) is 30.2 Å². The third-order valence-electron chi connectivity index (χ3n) is 5.53. The van der Waals surface area contributed by atoms with Gasteiger partial charge in [-0.15, -0.1) is 0 Å². The van der Waals surface area contributed by atoms with Crippen LogP contribution in [0.15, 0.2) is 33.5 Å². The maximum absolute atomic E-state index is 13.4. The van der Waals surface area contributed by atoms with Crippen molar-refractivity contribution in [2.45, 2.75) is 30.7 Å². The van der Waals surface area contributed by atoms with E-state index in [-0.39, 0.29) is 22.3 Å². The van der Waals surface area contributed by atoms with Crippen LogP contribution in [0.25, 0.3) is 22.3 Å². The van der Waals surface area contributed by atoms with Crippen molar-refractivity contribution < 1.29 is 59.5 Å². The Morgan fingerprint density at radius 2 is 1.66 bits per heavy atom. The van der Waals surface area contributed by atoms with Crippen LogP contribution in [0.1, 0.15) is 0 Å². The molecule has 0 saturated carbocycles. The van der Waals surface area contributed by atoms with E-state index >= 15 is 0 Å². The van der Waals surface area contributed by atoms with Crippen molar-refractivity contribution in [3.05, 3.63) is 34.5 Å². The van der Waals surface area contributed by atoms with Gasteiger partial charge in [0.25, 0.3) is 0 Å². The standard InChI is InChI=1S/C22H22O13/c1-32-12-3-7(2-10(25)15(12)28)19-21(14(27)9-4-8(24)5-11(26)20(9)34-19)35-22-18(31)17(30)16(29)13(6-23)33-22/h2-5,13,16-18,22-26,28-31H,6H2,1H3. The second-order valence-electron chi connectivity index (χ2n) is 7.79. The number of phenols is 4. The van der Waals surface area contributed by atoms with Gasteiger partial charge in [-0.05, 0) is 18.2 Å². The number of methoxy groups -OCH3 is 1. The molecule has 3 aromatic rings.